The smallest absolute Gasteiger partial charge is 0.237 e. The molecule has 1 saturated heterocycles. The number of piperidine rings is 1. The van der Waals surface area contributed by atoms with Crippen LogP contribution < -0.4 is 11.1 Å². The molecule has 1 atom stereocenters. The Morgan fingerprint density at radius 1 is 1.44 bits per heavy atom. The normalized spacial score (nSPS) is 20.9. The zero-order valence-electron chi connectivity index (χ0n) is 12.3. The Kier molecular flexibility index (Phi) is 5.60. The number of nitrogens with zero attached hydrogens (tertiary/aromatic N) is 1. The number of carbonyl (C=O) groups is 1. The molecule has 1 amide bonds. The molecule has 0 aromatic carbocycles. The maximum Gasteiger partial charge on any atom is 0.237 e. The Balaban J connectivity index is 2.40. The standard InChI is InChI=1S/C14H29N3O/c1-5-8-17-9-6-12(7-10-17)11(2)16-14(3,4)13(15)18/h11-12,16H,5-10H2,1-4H3,(H2,15,18). The molecule has 4 heteroatoms. The van der Waals surface area contributed by atoms with Crippen LogP contribution in [0.4, 0.5) is 0 Å². The van der Waals surface area contributed by atoms with Gasteiger partial charge in [-0.3, -0.25) is 4.79 Å². The molecular formula is C14H29N3O. The minimum Gasteiger partial charge on any atom is -0.368 e. The van der Waals surface area contributed by atoms with Crippen LogP contribution in [-0.4, -0.2) is 42.0 Å². The molecule has 0 aromatic heterocycles. The van der Waals surface area contributed by atoms with Gasteiger partial charge in [-0.25, -0.2) is 0 Å². The second kappa shape index (κ2) is 6.53. The molecule has 0 radical (unpaired) electrons. The van der Waals surface area contributed by atoms with Gasteiger partial charge < -0.3 is 16.0 Å². The summed E-state index contributed by atoms with van der Waals surface area (Å²) < 4.78 is 0. The Hall–Kier alpha value is -0.610. The van der Waals surface area contributed by atoms with E-state index in [0.717, 1.165) is 0 Å². The summed E-state index contributed by atoms with van der Waals surface area (Å²) in [6.07, 6.45) is 3.65. The van der Waals surface area contributed by atoms with E-state index in [2.05, 4.69) is 24.1 Å². The van der Waals surface area contributed by atoms with E-state index in [-0.39, 0.29) is 5.91 Å². The number of hydrogen-bond acceptors (Lipinski definition) is 3. The monoisotopic (exact) mass is 255 g/mol. The van der Waals surface area contributed by atoms with E-state index in [1.54, 1.807) is 0 Å². The molecule has 0 saturated carbocycles. The first-order valence-electron chi connectivity index (χ1n) is 7.16. The zero-order valence-corrected chi connectivity index (χ0v) is 12.3. The molecule has 1 aliphatic heterocycles. The van der Waals surface area contributed by atoms with Gasteiger partial charge in [0.25, 0.3) is 0 Å². The predicted octanol–water partition coefficient (Wildman–Crippen LogP) is 1.35. The van der Waals surface area contributed by atoms with Crippen molar-refractivity contribution in [2.75, 3.05) is 19.6 Å². The maximum atomic E-state index is 11.3. The van der Waals surface area contributed by atoms with Gasteiger partial charge >= 0.3 is 0 Å². The predicted molar refractivity (Wildman–Crippen MR) is 75.3 cm³/mol. The number of nitrogens with two attached hydrogens (primary N) is 1. The summed E-state index contributed by atoms with van der Waals surface area (Å²) in [6, 6.07) is 0.344. The van der Waals surface area contributed by atoms with Crippen molar-refractivity contribution in [1.82, 2.24) is 10.2 Å². The van der Waals surface area contributed by atoms with E-state index >= 15 is 0 Å². The summed E-state index contributed by atoms with van der Waals surface area (Å²) >= 11 is 0. The second-order valence-corrected chi connectivity index (χ2v) is 6.10. The topological polar surface area (TPSA) is 58.4 Å². The van der Waals surface area contributed by atoms with Crippen molar-refractivity contribution >= 4 is 5.91 Å². The van der Waals surface area contributed by atoms with Crippen LogP contribution in [0.1, 0.15) is 47.0 Å². The summed E-state index contributed by atoms with van der Waals surface area (Å²) in [7, 11) is 0. The van der Waals surface area contributed by atoms with Gasteiger partial charge in [0, 0.05) is 6.04 Å². The fraction of sp³-hybridized carbons (Fsp3) is 0.929. The average Bonchev–Trinajstić information content (AvgIpc) is 2.29. The highest BCUT2D eigenvalue weighted by Gasteiger charge is 2.30. The summed E-state index contributed by atoms with van der Waals surface area (Å²) in [5.41, 5.74) is 4.79. The Morgan fingerprint density at radius 3 is 2.44 bits per heavy atom. The van der Waals surface area contributed by atoms with Crippen LogP contribution in [0.5, 0.6) is 0 Å². The molecule has 18 heavy (non-hydrogen) atoms. The van der Waals surface area contributed by atoms with Crippen molar-refractivity contribution in [3.05, 3.63) is 0 Å². The van der Waals surface area contributed by atoms with Crippen LogP contribution in [-0.2, 0) is 4.79 Å². The van der Waals surface area contributed by atoms with Crippen molar-refractivity contribution in [2.45, 2.75) is 58.5 Å². The second-order valence-electron chi connectivity index (χ2n) is 6.10. The highest BCUT2D eigenvalue weighted by Crippen LogP contribution is 2.22. The van der Waals surface area contributed by atoms with Crippen LogP contribution in [0.3, 0.4) is 0 Å². The Labute approximate surface area is 111 Å². The van der Waals surface area contributed by atoms with E-state index in [4.69, 9.17) is 5.73 Å². The van der Waals surface area contributed by atoms with Gasteiger partial charge in [0.05, 0.1) is 5.54 Å². The fourth-order valence-electron chi connectivity index (χ4n) is 2.75. The van der Waals surface area contributed by atoms with Crippen LogP contribution in [0.15, 0.2) is 0 Å². The van der Waals surface area contributed by atoms with Gasteiger partial charge in [-0.1, -0.05) is 6.92 Å². The van der Waals surface area contributed by atoms with Gasteiger partial charge in [-0.05, 0) is 65.6 Å². The lowest BCUT2D eigenvalue weighted by Gasteiger charge is -2.37. The molecule has 4 nitrogen and oxygen atoms in total. The first-order valence-corrected chi connectivity index (χ1v) is 7.16. The van der Waals surface area contributed by atoms with Crippen LogP contribution in [0.2, 0.25) is 0 Å². The summed E-state index contributed by atoms with van der Waals surface area (Å²) in [5, 5.41) is 3.38. The molecule has 1 unspecified atom stereocenters. The third-order valence-electron chi connectivity index (χ3n) is 4.08. The van der Waals surface area contributed by atoms with Crippen molar-refractivity contribution in [3.63, 3.8) is 0 Å². The SMILES string of the molecule is CCCN1CCC(C(C)NC(C)(C)C(N)=O)CC1. The molecule has 1 heterocycles. The van der Waals surface area contributed by atoms with Crippen molar-refractivity contribution < 1.29 is 4.79 Å². The van der Waals surface area contributed by atoms with Gasteiger partial charge in [0.2, 0.25) is 5.91 Å². The molecule has 0 bridgehead atoms. The quantitative estimate of drug-likeness (QED) is 0.753. The van der Waals surface area contributed by atoms with Crippen LogP contribution >= 0.6 is 0 Å². The summed E-state index contributed by atoms with van der Waals surface area (Å²) in [6.45, 7) is 11.7. The number of amides is 1. The first kappa shape index (κ1) is 15.4. The van der Waals surface area contributed by atoms with E-state index < -0.39 is 5.54 Å². The molecule has 1 aliphatic rings. The fourth-order valence-corrected chi connectivity index (χ4v) is 2.75. The number of nitrogens with one attached hydrogen (secondary N) is 1. The van der Waals surface area contributed by atoms with Crippen LogP contribution in [0, 0.1) is 5.92 Å². The molecule has 106 valence electrons. The highest BCUT2D eigenvalue weighted by atomic mass is 16.1. The lowest BCUT2D eigenvalue weighted by molar-refractivity contribution is -0.123. The zero-order chi connectivity index (χ0) is 13.8. The van der Waals surface area contributed by atoms with E-state index in [9.17, 15) is 4.79 Å². The van der Waals surface area contributed by atoms with Crippen LogP contribution in [0.25, 0.3) is 0 Å². The number of hydrogen-bond donors (Lipinski definition) is 2. The third kappa shape index (κ3) is 4.25. The highest BCUT2D eigenvalue weighted by molar-refractivity contribution is 5.83. The Morgan fingerprint density at radius 2 is 2.00 bits per heavy atom. The Bertz CT molecular complexity index is 270. The van der Waals surface area contributed by atoms with Gasteiger partial charge in [0.1, 0.15) is 0 Å². The number of rotatable bonds is 6. The molecule has 0 spiro atoms. The van der Waals surface area contributed by atoms with E-state index in [1.807, 2.05) is 13.8 Å². The molecule has 0 aromatic rings. The van der Waals surface area contributed by atoms with E-state index in [0.29, 0.717) is 12.0 Å². The molecular weight excluding hydrogens is 226 g/mol. The van der Waals surface area contributed by atoms with E-state index in [1.165, 1.54) is 38.9 Å². The minimum absolute atomic E-state index is 0.280. The molecule has 1 fully saturated rings. The summed E-state index contributed by atoms with van der Waals surface area (Å²) in [5.74, 6) is 0.370. The molecule has 1 rings (SSSR count). The lowest BCUT2D eigenvalue weighted by atomic mass is 9.88. The van der Waals surface area contributed by atoms with Gasteiger partial charge in [-0.15, -0.1) is 0 Å². The van der Waals surface area contributed by atoms with Crippen molar-refractivity contribution in [3.8, 4) is 0 Å². The van der Waals surface area contributed by atoms with Gasteiger partial charge in [0.15, 0.2) is 0 Å². The maximum absolute atomic E-state index is 11.3. The minimum atomic E-state index is -0.611. The largest absolute Gasteiger partial charge is 0.368 e. The first-order chi connectivity index (χ1) is 8.36. The lowest BCUT2D eigenvalue weighted by Crippen LogP contribution is -2.56. The van der Waals surface area contributed by atoms with Crippen molar-refractivity contribution in [1.29, 1.82) is 0 Å². The number of primary amides is 1. The average molecular weight is 255 g/mol. The summed E-state index contributed by atoms with van der Waals surface area (Å²) in [4.78, 5) is 13.9. The number of carbonyl (C=O) groups excluding carboxylic acids is 1. The van der Waals surface area contributed by atoms with Gasteiger partial charge in [-0.2, -0.15) is 0 Å². The van der Waals surface area contributed by atoms with Crippen molar-refractivity contribution in [2.24, 2.45) is 11.7 Å². The molecule has 3 N–H and O–H groups in total. The number of likely N-dealkylation sites (tertiary alicyclic amines) is 1. The molecule has 0 aliphatic carbocycles. The third-order valence-corrected chi connectivity index (χ3v) is 4.08.